The summed E-state index contributed by atoms with van der Waals surface area (Å²) < 4.78 is 4.78. The van der Waals surface area contributed by atoms with E-state index in [2.05, 4.69) is 22.0 Å². The number of aromatic nitrogens is 1. The minimum atomic E-state index is 0.396. The van der Waals surface area contributed by atoms with E-state index in [9.17, 15) is 0 Å². The van der Waals surface area contributed by atoms with Gasteiger partial charge < -0.3 is 14.7 Å². The maximum Gasteiger partial charge on any atom is 0.194 e. The topological polar surface area (TPSA) is 53.7 Å². The molecule has 0 spiro atoms. The molecule has 17 heavy (non-hydrogen) atoms. The van der Waals surface area contributed by atoms with Crippen molar-refractivity contribution in [3.8, 4) is 0 Å². The van der Waals surface area contributed by atoms with Crippen LogP contribution < -0.4 is 5.32 Å². The summed E-state index contributed by atoms with van der Waals surface area (Å²) >= 11 is 5.69. The zero-order chi connectivity index (χ0) is 12.7. The third kappa shape index (κ3) is 4.91. The summed E-state index contributed by atoms with van der Waals surface area (Å²) in [6, 6.07) is 1.82. The highest BCUT2D eigenvalue weighted by molar-refractivity contribution is 6.29. The Labute approximate surface area is 106 Å². The van der Waals surface area contributed by atoms with E-state index in [1.165, 1.54) is 0 Å². The van der Waals surface area contributed by atoms with Crippen molar-refractivity contribution >= 4 is 17.6 Å². The van der Waals surface area contributed by atoms with Gasteiger partial charge in [-0.25, -0.2) is 4.99 Å². The van der Waals surface area contributed by atoms with E-state index in [1.807, 2.05) is 24.9 Å². The molecule has 1 aromatic heterocycles. The van der Waals surface area contributed by atoms with Crippen LogP contribution in [0.15, 0.2) is 33.5 Å². The summed E-state index contributed by atoms with van der Waals surface area (Å²) in [5.74, 6) is 0.761. The monoisotopic (exact) mass is 256 g/mol. The lowest BCUT2D eigenvalue weighted by Gasteiger charge is -2.20. The first-order valence-electron chi connectivity index (χ1n) is 5.35. The van der Waals surface area contributed by atoms with Crippen LogP contribution in [0, 0.1) is 0 Å². The Kier molecular flexibility index (Phi) is 5.56. The normalized spacial score (nSPS) is 11.4. The van der Waals surface area contributed by atoms with Crippen LogP contribution in [0.1, 0.15) is 12.6 Å². The Morgan fingerprint density at radius 2 is 2.47 bits per heavy atom. The second-order valence-corrected chi connectivity index (χ2v) is 4.07. The van der Waals surface area contributed by atoms with Gasteiger partial charge in [-0.15, -0.1) is 0 Å². The van der Waals surface area contributed by atoms with Gasteiger partial charge in [0.25, 0.3) is 0 Å². The number of halogens is 1. The molecule has 1 rings (SSSR count). The van der Waals surface area contributed by atoms with E-state index in [0.29, 0.717) is 18.1 Å². The van der Waals surface area contributed by atoms with Gasteiger partial charge in [-0.3, -0.25) is 0 Å². The summed E-state index contributed by atoms with van der Waals surface area (Å²) in [5, 5.41) is 7.53. The van der Waals surface area contributed by atoms with Crippen molar-refractivity contribution in [2.45, 2.75) is 13.5 Å². The molecule has 94 valence electrons. The van der Waals surface area contributed by atoms with Crippen molar-refractivity contribution in [3.05, 3.63) is 29.6 Å². The van der Waals surface area contributed by atoms with Crippen molar-refractivity contribution in [2.75, 3.05) is 20.1 Å². The number of rotatable bonds is 5. The van der Waals surface area contributed by atoms with Crippen LogP contribution in [0.3, 0.4) is 0 Å². The molecule has 0 radical (unpaired) electrons. The van der Waals surface area contributed by atoms with E-state index < -0.39 is 0 Å². The molecule has 0 amide bonds. The summed E-state index contributed by atoms with van der Waals surface area (Å²) in [6.45, 7) is 7.42. The zero-order valence-corrected chi connectivity index (χ0v) is 10.9. The average Bonchev–Trinajstić information content (AvgIpc) is 2.76. The van der Waals surface area contributed by atoms with Gasteiger partial charge in [0.15, 0.2) is 5.96 Å². The number of nitrogens with zero attached hydrogens (tertiary/aromatic N) is 3. The molecule has 0 bridgehead atoms. The Morgan fingerprint density at radius 3 is 3.00 bits per heavy atom. The molecule has 6 heteroatoms. The highest BCUT2D eigenvalue weighted by atomic mass is 35.5. The predicted octanol–water partition coefficient (Wildman–Crippen LogP) is 1.82. The first kappa shape index (κ1) is 13.6. The van der Waals surface area contributed by atoms with Gasteiger partial charge in [-0.2, -0.15) is 0 Å². The van der Waals surface area contributed by atoms with Gasteiger partial charge in [0.2, 0.25) is 0 Å². The third-order valence-corrected chi connectivity index (χ3v) is 2.11. The summed E-state index contributed by atoms with van der Waals surface area (Å²) in [7, 11) is 1.92. The quantitative estimate of drug-likeness (QED) is 0.645. The highest BCUT2D eigenvalue weighted by Crippen LogP contribution is 2.02. The zero-order valence-electron chi connectivity index (χ0n) is 10.1. The molecule has 0 fully saturated rings. The molecule has 0 atom stereocenters. The molecule has 0 aliphatic carbocycles. The number of hydrogen-bond acceptors (Lipinski definition) is 3. The number of hydrogen-bond donors (Lipinski definition) is 1. The maximum atomic E-state index is 5.69. The summed E-state index contributed by atoms with van der Waals surface area (Å²) in [5.41, 5.74) is 0.850. The lowest BCUT2D eigenvalue weighted by atomic mass is 10.4. The number of nitrogens with one attached hydrogen (secondary N) is 1. The molecule has 0 aliphatic rings. The van der Waals surface area contributed by atoms with Crippen molar-refractivity contribution < 1.29 is 4.52 Å². The maximum absolute atomic E-state index is 5.69. The molecule has 1 aromatic rings. The SMILES string of the molecule is C=C(Cl)CN=C(NCC)N(C)Cc1ccon1. The standard InChI is InChI=1S/C11H17ClN4O/c1-4-13-11(14-7-9(2)12)16(3)8-10-5-6-17-15-10/h5-6H,2,4,7-8H2,1,3H3,(H,13,14). The van der Waals surface area contributed by atoms with Gasteiger partial charge in [-0.05, 0) is 6.92 Å². The summed E-state index contributed by atoms with van der Waals surface area (Å²) in [6.07, 6.45) is 1.55. The van der Waals surface area contributed by atoms with Crippen molar-refractivity contribution in [1.29, 1.82) is 0 Å². The first-order chi connectivity index (χ1) is 8.13. The van der Waals surface area contributed by atoms with Crippen LogP contribution in [0.4, 0.5) is 0 Å². The Hall–Kier alpha value is -1.49. The second-order valence-electron chi connectivity index (χ2n) is 3.53. The van der Waals surface area contributed by atoms with Crippen LogP contribution in [0.5, 0.6) is 0 Å². The van der Waals surface area contributed by atoms with E-state index in [0.717, 1.165) is 18.2 Å². The van der Waals surface area contributed by atoms with E-state index in [-0.39, 0.29) is 0 Å². The average molecular weight is 257 g/mol. The van der Waals surface area contributed by atoms with Crippen molar-refractivity contribution in [2.24, 2.45) is 4.99 Å². The fourth-order valence-corrected chi connectivity index (χ4v) is 1.33. The minimum Gasteiger partial charge on any atom is -0.364 e. The van der Waals surface area contributed by atoms with Crippen LogP contribution in [0.2, 0.25) is 0 Å². The minimum absolute atomic E-state index is 0.396. The Bertz CT molecular complexity index is 375. The molecule has 5 nitrogen and oxygen atoms in total. The van der Waals surface area contributed by atoms with Crippen molar-refractivity contribution in [3.63, 3.8) is 0 Å². The van der Waals surface area contributed by atoms with Gasteiger partial charge >= 0.3 is 0 Å². The molecular weight excluding hydrogens is 240 g/mol. The largest absolute Gasteiger partial charge is 0.364 e. The van der Waals surface area contributed by atoms with E-state index in [4.69, 9.17) is 16.1 Å². The molecule has 0 saturated heterocycles. The molecule has 1 heterocycles. The van der Waals surface area contributed by atoms with E-state index in [1.54, 1.807) is 6.26 Å². The molecule has 1 N–H and O–H groups in total. The second kappa shape index (κ2) is 6.96. The number of aliphatic imine (C=N–C) groups is 1. The van der Waals surface area contributed by atoms with Crippen LogP contribution in [-0.2, 0) is 6.54 Å². The van der Waals surface area contributed by atoms with Crippen LogP contribution in [0.25, 0.3) is 0 Å². The predicted molar refractivity (Wildman–Crippen MR) is 68.9 cm³/mol. The smallest absolute Gasteiger partial charge is 0.194 e. The third-order valence-electron chi connectivity index (χ3n) is 1.99. The fraction of sp³-hybridized carbons (Fsp3) is 0.455. The molecule has 0 unspecified atom stereocenters. The van der Waals surface area contributed by atoms with Crippen LogP contribution >= 0.6 is 11.6 Å². The van der Waals surface area contributed by atoms with Gasteiger partial charge in [0, 0.05) is 24.7 Å². The van der Waals surface area contributed by atoms with E-state index >= 15 is 0 Å². The number of guanidine groups is 1. The lowest BCUT2D eigenvalue weighted by Crippen LogP contribution is -2.38. The molecule has 0 saturated carbocycles. The molecular formula is C11H17ClN4O. The fourth-order valence-electron chi connectivity index (χ4n) is 1.27. The summed E-state index contributed by atoms with van der Waals surface area (Å²) in [4.78, 5) is 6.28. The van der Waals surface area contributed by atoms with Gasteiger partial charge in [0.05, 0.1) is 13.1 Å². The van der Waals surface area contributed by atoms with Crippen molar-refractivity contribution in [1.82, 2.24) is 15.4 Å². The van der Waals surface area contributed by atoms with Gasteiger partial charge in [0.1, 0.15) is 12.0 Å². The lowest BCUT2D eigenvalue weighted by molar-refractivity contribution is 0.391. The molecule has 0 aliphatic heterocycles. The Morgan fingerprint density at radius 1 is 1.71 bits per heavy atom. The van der Waals surface area contributed by atoms with Gasteiger partial charge in [-0.1, -0.05) is 23.3 Å². The molecule has 0 aromatic carbocycles. The first-order valence-corrected chi connectivity index (χ1v) is 5.73. The highest BCUT2D eigenvalue weighted by Gasteiger charge is 2.07. The van der Waals surface area contributed by atoms with Crippen LogP contribution in [-0.4, -0.2) is 36.2 Å². The Balaban J connectivity index is 2.62.